The van der Waals surface area contributed by atoms with Crippen molar-refractivity contribution in [3.63, 3.8) is 0 Å². The number of unbranched alkanes of at least 4 members (excludes halogenated alkanes) is 1. The van der Waals surface area contributed by atoms with Crippen molar-refractivity contribution in [2.75, 3.05) is 56.1 Å². The number of piperazine rings is 1. The monoisotopic (exact) mass is 448 g/mol. The van der Waals surface area contributed by atoms with E-state index >= 15 is 0 Å². The molecule has 0 spiro atoms. The SMILES string of the molecule is NCCc1ccc(OCCCCN2CCN(c3ccc(F)cc3Cl)CC2)cc1NC=O. The second-order valence-corrected chi connectivity index (χ2v) is 8.01. The van der Waals surface area contributed by atoms with Gasteiger partial charge in [-0.15, -0.1) is 0 Å². The zero-order valence-corrected chi connectivity index (χ0v) is 18.4. The van der Waals surface area contributed by atoms with Crippen LogP contribution in [-0.2, 0) is 11.2 Å². The summed E-state index contributed by atoms with van der Waals surface area (Å²) in [5.41, 5.74) is 8.26. The Morgan fingerprint density at radius 3 is 2.65 bits per heavy atom. The normalized spacial score (nSPS) is 14.5. The van der Waals surface area contributed by atoms with Gasteiger partial charge in [0.05, 0.1) is 17.3 Å². The summed E-state index contributed by atoms with van der Waals surface area (Å²) < 4.78 is 19.1. The van der Waals surface area contributed by atoms with E-state index in [0.29, 0.717) is 31.0 Å². The van der Waals surface area contributed by atoms with E-state index < -0.39 is 0 Å². The Kier molecular flexibility index (Phi) is 8.94. The maximum atomic E-state index is 13.2. The van der Waals surface area contributed by atoms with E-state index in [-0.39, 0.29) is 5.82 Å². The van der Waals surface area contributed by atoms with Crippen LogP contribution in [0, 0.1) is 5.82 Å². The number of halogens is 2. The molecule has 6 nitrogen and oxygen atoms in total. The molecule has 168 valence electrons. The summed E-state index contributed by atoms with van der Waals surface area (Å²) in [5.74, 6) is 0.437. The first-order valence-electron chi connectivity index (χ1n) is 10.7. The number of ether oxygens (including phenoxy) is 1. The Balaban J connectivity index is 1.36. The van der Waals surface area contributed by atoms with Crippen LogP contribution in [0.1, 0.15) is 18.4 Å². The Labute approximate surface area is 188 Å². The predicted octanol–water partition coefficient (Wildman–Crippen LogP) is 3.53. The smallest absolute Gasteiger partial charge is 0.211 e. The zero-order chi connectivity index (χ0) is 22.1. The lowest BCUT2D eigenvalue weighted by Crippen LogP contribution is -2.46. The lowest BCUT2D eigenvalue weighted by Gasteiger charge is -2.36. The van der Waals surface area contributed by atoms with Crippen LogP contribution >= 0.6 is 11.6 Å². The quantitative estimate of drug-likeness (QED) is 0.406. The van der Waals surface area contributed by atoms with Crippen LogP contribution in [0.25, 0.3) is 0 Å². The van der Waals surface area contributed by atoms with Crippen molar-refractivity contribution in [1.82, 2.24) is 4.90 Å². The average molecular weight is 449 g/mol. The Bertz CT molecular complexity index is 859. The first kappa shape index (κ1) is 23.3. The minimum atomic E-state index is -0.308. The van der Waals surface area contributed by atoms with Crippen LogP contribution in [0.15, 0.2) is 36.4 Å². The lowest BCUT2D eigenvalue weighted by atomic mass is 10.1. The van der Waals surface area contributed by atoms with E-state index in [1.165, 1.54) is 12.1 Å². The summed E-state index contributed by atoms with van der Waals surface area (Å²) in [5, 5.41) is 3.18. The number of anilines is 2. The number of nitrogens with one attached hydrogen (secondary N) is 1. The molecule has 1 heterocycles. The van der Waals surface area contributed by atoms with Gasteiger partial charge in [0.1, 0.15) is 11.6 Å². The number of hydrogen-bond donors (Lipinski definition) is 2. The van der Waals surface area contributed by atoms with Gasteiger partial charge in [-0.1, -0.05) is 17.7 Å². The predicted molar refractivity (Wildman–Crippen MR) is 124 cm³/mol. The fraction of sp³-hybridized carbons (Fsp3) is 0.435. The molecule has 3 N–H and O–H groups in total. The van der Waals surface area contributed by atoms with E-state index in [1.807, 2.05) is 18.2 Å². The Morgan fingerprint density at radius 1 is 1.13 bits per heavy atom. The van der Waals surface area contributed by atoms with Crippen LogP contribution in [0.4, 0.5) is 15.8 Å². The molecule has 2 aromatic rings. The molecular weight excluding hydrogens is 419 g/mol. The summed E-state index contributed by atoms with van der Waals surface area (Å²) in [6, 6.07) is 10.3. The number of amides is 1. The van der Waals surface area contributed by atoms with E-state index in [4.69, 9.17) is 22.1 Å². The van der Waals surface area contributed by atoms with Crippen LogP contribution in [-0.4, -0.2) is 57.2 Å². The molecule has 0 aromatic heterocycles. The maximum Gasteiger partial charge on any atom is 0.211 e. The Hall–Kier alpha value is -2.35. The largest absolute Gasteiger partial charge is 0.494 e. The van der Waals surface area contributed by atoms with Crippen LogP contribution in [0.3, 0.4) is 0 Å². The molecule has 0 radical (unpaired) electrons. The molecule has 1 fully saturated rings. The van der Waals surface area contributed by atoms with Gasteiger partial charge in [-0.05, 0) is 62.2 Å². The Morgan fingerprint density at radius 2 is 1.94 bits per heavy atom. The molecule has 2 aromatic carbocycles. The van der Waals surface area contributed by atoms with Gasteiger partial charge in [-0.2, -0.15) is 0 Å². The minimum absolute atomic E-state index is 0.308. The number of rotatable bonds is 11. The molecule has 1 saturated heterocycles. The standard InChI is InChI=1S/C23H30ClFN4O2/c24-21-15-19(25)4-6-23(21)29-12-10-28(11-13-29)9-1-2-14-31-20-5-3-18(7-8-26)22(16-20)27-17-30/h3-6,15-17H,1-2,7-14,26H2,(H,27,30). The third-order valence-electron chi connectivity index (χ3n) is 5.47. The highest BCUT2D eigenvalue weighted by atomic mass is 35.5. The van der Waals surface area contributed by atoms with Gasteiger partial charge in [0.25, 0.3) is 0 Å². The van der Waals surface area contributed by atoms with Gasteiger partial charge in [-0.3, -0.25) is 9.69 Å². The molecule has 31 heavy (non-hydrogen) atoms. The number of benzene rings is 2. The van der Waals surface area contributed by atoms with Crippen molar-refractivity contribution in [2.24, 2.45) is 5.73 Å². The number of carbonyl (C=O) groups excluding carboxylic acids is 1. The molecule has 1 amide bonds. The number of nitrogens with two attached hydrogens (primary N) is 1. The van der Waals surface area contributed by atoms with Gasteiger partial charge < -0.3 is 20.7 Å². The minimum Gasteiger partial charge on any atom is -0.494 e. The number of carbonyl (C=O) groups is 1. The molecular formula is C23H30ClFN4O2. The zero-order valence-electron chi connectivity index (χ0n) is 17.7. The molecule has 1 aliphatic rings. The van der Waals surface area contributed by atoms with Crippen molar-refractivity contribution >= 4 is 29.4 Å². The van der Waals surface area contributed by atoms with E-state index in [1.54, 1.807) is 6.07 Å². The highest BCUT2D eigenvalue weighted by molar-refractivity contribution is 6.33. The van der Waals surface area contributed by atoms with Crippen molar-refractivity contribution in [2.45, 2.75) is 19.3 Å². The van der Waals surface area contributed by atoms with Gasteiger partial charge in [0, 0.05) is 37.9 Å². The second kappa shape index (κ2) is 11.9. The summed E-state index contributed by atoms with van der Waals surface area (Å²) in [4.78, 5) is 15.5. The van der Waals surface area contributed by atoms with Crippen LogP contribution in [0.5, 0.6) is 5.75 Å². The van der Waals surface area contributed by atoms with Crippen LogP contribution in [0.2, 0.25) is 5.02 Å². The van der Waals surface area contributed by atoms with Gasteiger partial charge in [-0.25, -0.2) is 4.39 Å². The molecule has 0 unspecified atom stereocenters. The second-order valence-electron chi connectivity index (χ2n) is 7.60. The highest BCUT2D eigenvalue weighted by Crippen LogP contribution is 2.27. The van der Waals surface area contributed by atoms with E-state index in [9.17, 15) is 9.18 Å². The fourth-order valence-corrected chi connectivity index (χ4v) is 4.08. The first-order valence-corrected chi connectivity index (χ1v) is 11.1. The molecule has 0 saturated carbocycles. The molecule has 8 heteroatoms. The van der Waals surface area contributed by atoms with Crippen molar-refractivity contribution in [3.8, 4) is 5.75 Å². The third-order valence-corrected chi connectivity index (χ3v) is 5.77. The molecule has 0 atom stereocenters. The summed E-state index contributed by atoms with van der Waals surface area (Å²) in [7, 11) is 0. The summed E-state index contributed by atoms with van der Waals surface area (Å²) in [6.45, 7) is 5.84. The van der Waals surface area contributed by atoms with Crippen LogP contribution < -0.4 is 20.7 Å². The van der Waals surface area contributed by atoms with Gasteiger partial charge >= 0.3 is 0 Å². The molecule has 3 rings (SSSR count). The third kappa shape index (κ3) is 6.82. The lowest BCUT2D eigenvalue weighted by molar-refractivity contribution is -0.105. The van der Waals surface area contributed by atoms with Gasteiger partial charge in [0.2, 0.25) is 6.41 Å². The number of nitrogens with zero attached hydrogens (tertiary/aromatic N) is 2. The highest BCUT2D eigenvalue weighted by Gasteiger charge is 2.18. The average Bonchev–Trinajstić information content (AvgIpc) is 2.76. The van der Waals surface area contributed by atoms with Gasteiger partial charge in [0.15, 0.2) is 0 Å². The first-order chi connectivity index (χ1) is 15.1. The number of hydrogen-bond acceptors (Lipinski definition) is 5. The van der Waals surface area contributed by atoms with E-state index in [0.717, 1.165) is 68.3 Å². The summed E-state index contributed by atoms with van der Waals surface area (Å²) >= 11 is 6.18. The van der Waals surface area contributed by atoms with E-state index in [2.05, 4.69) is 15.1 Å². The van der Waals surface area contributed by atoms with Crippen molar-refractivity contribution in [3.05, 3.63) is 52.8 Å². The maximum absolute atomic E-state index is 13.2. The molecule has 0 bridgehead atoms. The fourth-order valence-electron chi connectivity index (χ4n) is 3.79. The molecule has 0 aliphatic carbocycles. The van der Waals surface area contributed by atoms with Crippen molar-refractivity contribution in [1.29, 1.82) is 0 Å². The van der Waals surface area contributed by atoms with Crippen molar-refractivity contribution < 1.29 is 13.9 Å². The summed E-state index contributed by atoms with van der Waals surface area (Å²) in [6.07, 6.45) is 3.37. The molecule has 1 aliphatic heterocycles. The topological polar surface area (TPSA) is 70.8 Å².